The van der Waals surface area contributed by atoms with Gasteiger partial charge in [0.05, 0.1) is 12.4 Å². The van der Waals surface area contributed by atoms with Gasteiger partial charge in [-0.2, -0.15) is 0 Å². The molecule has 0 saturated carbocycles. The van der Waals surface area contributed by atoms with Gasteiger partial charge in [-0.05, 0) is 12.1 Å². The number of carbonyl (C=O) groups is 8. The number of esters is 8. The third kappa shape index (κ3) is 13.9. The molecule has 2 aromatic heterocycles. The van der Waals surface area contributed by atoms with Crippen LogP contribution in [0.3, 0.4) is 0 Å². The van der Waals surface area contributed by atoms with Gasteiger partial charge in [0.2, 0.25) is 0 Å². The number of hydrogen-bond donors (Lipinski definition) is 0. The fourth-order valence-corrected chi connectivity index (χ4v) is 6.81. The Morgan fingerprint density at radius 1 is 0.485 bits per heavy atom. The first-order valence-corrected chi connectivity index (χ1v) is 20.1. The Balaban J connectivity index is 1.29. The summed E-state index contributed by atoms with van der Waals surface area (Å²) in [6.07, 6.45) is -10.6. The molecule has 1 aromatic carbocycles. The molecule has 5 rings (SSSR count). The Morgan fingerprint density at radius 2 is 0.818 bits per heavy atom. The lowest BCUT2D eigenvalue weighted by Crippen LogP contribution is -2.60. The van der Waals surface area contributed by atoms with Gasteiger partial charge < -0.3 is 56.8 Å². The molecule has 0 unspecified atom stereocenters. The standard InChI is InChI=1S/C40H48N6O20/c1-19(47)55-17-31-33(59-21(3)49)35(61-23(5)51)37(63-25(7)53)39(65-31)45-13-27(41-43-45)15-57-29-10-9-11-30(12-29)58-16-28-14-46(44-42-28)40-38(64-26(8)54)36(62-24(6)52)34(60-22(4)50)32(66-40)18-56-20(2)48/h9-14,31-40H,15-18H2,1-8H3/t31-,32+,33-,34+,35+,36-,37-,38+,39-,40+. The minimum Gasteiger partial charge on any atom is -0.487 e. The molecular weight excluding hydrogens is 884 g/mol. The van der Waals surface area contributed by atoms with Crippen molar-refractivity contribution in [3.63, 3.8) is 0 Å². The van der Waals surface area contributed by atoms with Gasteiger partial charge in [-0.3, -0.25) is 38.4 Å². The highest BCUT2D eigenvalue weighted by atomic mass is 16.7. The third-order valence-electron chi connectivity index (χ3n) is 9.15. The summed E-state index contributed by atoms with van der Waals surface area (Å²) in [6.45, 7) is 7.80. The zero-order valence-corrected chi connectivity index (χ0v) is 36.9. The average molecular weight is 933 g/mol. The molecule has 66 heavy (non-hydrogen) atoms. The van der Waals surface area contributed by atoms with Crippen LogP contribution in [0.15, 0.2) is 36.7 Å². The summed E-state index contributed by atoms with van der Waals surface area (Å²) in [5.74, 6) is -5.41. The van der Waals surface area contributed by atoms with Crippen LogP contribution in [0.5, 0.6) is 11.5 Å². The van der Waals surface area contributed by atoms with E-state index in [0.717, 1.165) is 55.4 Å². The van der Waals surface area contributed by atoms with Crippen molar-refractivity contribution >= 4 is 47.8 Å². The normalized spacial score (nSPS) is 24.7. The van der Waals surface area contributed by atoms with Crippen LogP contribution in [0.2, 0.25) is 0 Å². The summed E-state index contributed by atoms with van der Waals surface area (Å²) >= 11 is 0. The van der Waals surface area contributed by atoms with Gasteiger partial charge in [0.1, 0.15) is 61.5 Å². The minimum absolute atomic E-state index is 0.154. The molecule has 0 amide bonds. The van der Waals surface area contributed by atoms with E-state index < -0.39 is 122 Å². The summed E-state index contributed by atoms with van der Waals surface area (Å²) in [5, 5.41) is 16.5. The van der Waals surface area contributed by atoms with Crippen LogP contribution in [-0.2, 0) is 98.9 Å². The Morgan fingerprint density at radius 3 is 1.15 bits per heavy atom. The fraction of sp³-hybridized carbons (Fsp3) is 0.550. The van der Waals surface area contributed by atoms with Gasteiger partial charge in [0.25, 0.3) is 0 Å². The van der Waals surface area contributed by atoms with Gasteiger partial charge in [0.15, 0.2) is 49.1 Å². The van der Waals surface area contributed by atoms with E-state index in [-0.39, 0.29) is 24.6 Å². The summed E-state index contributed by atoms with van der Waals surface area (Å²) in [4.78, 5) is 96.5. The van der Waals surface area contributed by atoms with E-state index in [0.29, 0.717) is 11.5 Å². The van der Waals surface area contributed by atoms with E-state index in [1.165, 1.54) is 21.8 Å². The first-order chi connectivity index (χ1) is 31.3. The molecule has 3 aromatic rings. The van der Waals surface area contributed by atoms with Crippen LogP contribution in [0.25, 0.3) is 0 Å². The number of nitrogens with zero attached hydrogens (tertiary/aromatic N) is 6. The maximum Gasteiger partial charge on any atom is 0.303 e. The van der Waals surface area contributed by atoms with Gasteiger partial charge in [-0.15, -0.1) is 10.2 Å². The van der Waals surface area contributed by atoms with Crippen LogP contribution in [0, 0.1) is 0 Å². The number of hydrogen-bond acceptors (Lipinski definition) is 24. The molecule has 0 radical (unpaired) electrons. The predicted molar refractivity (Wildman–Crippen MR) is 210 cm³/mol. The number of rotatable bonds is 18. The second-order valence-electron chi connectivity index (χ2n) is 14.6. The maximum absolute atomic E-state index is 12.3. The van der Waals surface area contributed by atoms with Gasteiger partial charge in [-0.25, -0.2) is 9.36 Å². The number of carbonyl (C=O) groups excluding carboxylic acids is 8. The molecule has 4 heterocycles. The van der Waals surface area contributed by atoms with Gasteiger partial charge >= 0.3 is 47.8 Å². The van der Waals surface area contributed by atoms with Crippen molar-refractivity contribution in [2.24, 2.45) is 0 Å². The highest BCUT2D eigenvalue weighted by molar-refractivity contribution is 5.70. The number of aromatic nitrogens is 6. The molecule has 2 fully saturated rings. The first-order valence-electron chi connectivity index (χ1n) is 20.1. The smallest absolute Gasteiger partial charge is 0.303 e. The van der Waals surface area contributed by atoms with E-state index in [9.17, 15) is 38.4 Å². The molecule has 0 N–H and O–H groups in total. The van der Waals surface area contributed by atoms with Crippen molar-refractivity contribution in [1.82, 2.24) is 30.0 Å². The van der Waals surface area contributed by atoms with Crippen LogP contribution >= 0.6 is 0 Å². The highest BCUT2D eigenvalue weighted by Crippen LogP contribution is 2.36. The SMILES string of the molecule is CC(=O)OC[C@@H]1O[C@H](n2cc(COc3cccc(OCc4cn([C@@H]5O[C@H](COC(C)=O)[C@@H](OC(C)=O)[C@H](OC(C)=O)[C@H]5OC(C)=O)nn4)c3)nn2)[C@@H](OC(C)=O)[C@H](OC(C)=O)[C@H]1OC(C)=O. The quantitative estimate of drug-likeness (QED) is 0.124. The highest BCUT2D eigenvalue weighted by Gasteiger charge is 2.54. The second kappa shape index (κ2) is 22.6. The lowest BCUT2D eigenvalue weighted by atomic mass is 9.97. The lowest BCUT2D eigenvalue weighted by Gasteiger charge is -2.44. The molecule has 2 aliphatic rings. The molecule has 10 atom stereocenters. The van der Waals surface area contributed by atoms with Crippen molar-refractivity contribution in [2.75, 3.05) is 13.2 Å². The van der Waals surface area contributed by atoms with E-state index in [2.05, 4.69) is 20.6 Å². The van der Waals surface area contributed by atoms with Crippen LogP contribution in [0.4, 0.5) is 0 Å². The van der Waals surface area contributed by atoms with E-state index in [1.54, 1.807) is 24.3 Å². The lowest BCUT2D eigenvalue weighted by molar-refractivity contribution is -0.270. The summed E-state index contributed by atoms with van der Waals surface area (Å²) < 4.78 is 69.6. The molecule has 26 nitrogen and oxygen atoms in total. The molecule has 0 aliphatic carbocycles. The summed E-state index contributed by atoms with van der Waals surface area (Å²) in [5.41, 5.74) is 0.515. The van der Waals surface area contributed by atoms with Crippen LogP contribution in [0.1, 0.15) is 79.2 Å². The van der Waals surface area contributed by atoms with E-state index in [1.807, 2.05) is 0 Å². The Labute approximate surface area is 375 Å². The molecule has 26 heteroatoms. The zero-order chi connectivity index (χ0) is 48.2. The van der Waals surface area contributed by atoms with Gasteiger partial charge in [-0.1, -0.05) is 16.5 Å². The average Bonchev–Trinajstić information content (AvgIpc) is 3.90. The summed E-state index contributed by atoms with van der Waals surface area (Å²) in [6, 6.07) is 6.48. The van der Waals surface area contributed by atoms with Crippen LogP contribution in [-0.4, -0.2) is 140 Å². The Hall–Kier alpha value is -7.22. The van der Waals surface area contributed by atoms with E-state index in [4.69, 9.17) is 56.8 Å². The molecule has 2 aliphatic heterocycles. The van der Waals surface area contributed by atoms with Crippen molar-refractivity contribution in [1.29, 1.82) is 0 Å². The van der Waals surface area contributed by atoms with Crippen molar-refractivity contribution < 1.29 is 95.2 Å². The van der Waals surface area contributed by atoms with Gasteiger partial charge in [0, 0.05) is 61.5 Å². The number of benzene rings is 1. The third-order valence-corrected chi connectivity index (χ3v) is 9.15. The Bertz CT molecular complexity index is 2100. The fourth-order valence-electron chi connectivity index (χ4n) is 6.81. The zero-order valence-electron chi connectivity index (χ0n) is 36.9. The Kier molecular flexibility index (Phi) is 17.1. The van der Waals surface area contributed by atoms with Crippen molar-refractivity contribution in [3.05, 3.63) is 48.0 Å². The largest absolute Gasteiger partial charge is 0.487 e. The molecule has 0 spiro atoms. The predicted octanol–water partition coefficient (Wildman–Crippen LogP) is 0.539. The monoisotopic (exact) mass is 932 g/mol. The first kappa shape index (κ1) is 49.8. The van der Waals surface area contributed by atoms with Crippen LogP contribution < -0.4 is 9.47 Å². The molecular formula is C40H48N6O20. The molecule has 0 bridgehead atoms. The molecule has 2 saturated heterocycles. The summed E-state index contributed by atoms with van der Waals surface area (Å²) in [7, 11) is 0. The topological polar surface area (TPSA) is 309 Å². The maximum atomic E-state index is 12.3. The minimum atomic E-state index is -1.42. The number of ether oxygens (including phenoxy) is 12. The van der Waals surface area contributed by atoms with Crippen molar-refractivity contribution in [2.45, 2.75) is 130 Å². The van der Waals surface area contributed by atoms with Crippen molar-refractivity contribution in [3.8, 4) is 11.5 Å². The second-order valence-corrected chi connectivity index (χ2v) is 14.6. The molecule has 358 valence electrons. The van der Waals surface area contributed by atoms with E-state index >= 15 is 0 Å².